The summed E-state index contributed by atoms with van der Waals surface area (Å²) >= 11 is 0. The van der Waals surface area contributed by atoms with Crippen LogP contribution in [-0.2, 0) is 13.1 Å². The molecule has 0 saturated heterocycles. The molecule has 5 nitrogen and oxygen atoms in total. The van der Waals surface area contributed by atoms with Crippen molar-refractivity contribution >= 4 is 11.6 Å². The quantitative estimate of drug-likeness (QED) is 0.726. The molecule has 0 aliphatic rings. The molecule has 3 aromatic rings. The molecule has 25 heavy (non-hydrogen) atoms. The number of aromatic nitrogens is 2. The van der Waals surface area contributed by atoms with E-state index in [1.165, 1.54) is 0 Å². The van der Waals surface area contributed by atoms with E-state index in [-0.39, 0.29) is 5.91 Å². The molecule has 2 N–H and O–H groups in total. The maximum atomic E-state index is 12.4. The standard InChI is InChI=1S/C20H20N4O/c1-15-4-2-3-5-17(15)13-24-20(25)18-10-19(14-22-12-18)23-11-16-6-8-21-9-7-16/h2-10,12,14,23H,11,13H2,1H3,(H,24,25). The highest BCUT2D eigenvalue weighted by molar-refractivity contribution is 5.94. The fourth-order valence-corrected chi connectivity index (χ4v) is 2.45. The van der Waals surface area contributed by atoms with Gasteiger partial charge in [-0.25, -0.2) is 0 Å². The molecule has 0 atom stereocenters. The van der Waals surface area contributed by atoms with E-state index < -0.39 is 0 Å². The lowest BCUT2D eigenvalue weighted by Gasteiger charge is -2.10. The Morgan fingerprint density at radius 2 is 1.80 bits per heavy atom. The molecule has 0 fully saturated rings. The summed E-state index contributed by atoms with van der Waals surface area (Å²) in [5, 5.41) is 6.21. The van der Waals surface area contributed by atoms with Crippen LogP contribution in [0.15, 0.2) is 67.3 Å². The fourth-order valence-electron chi connectivity index (χ4n) is 2.45. The summed E-state index contributed by atoms with van der Waals surface area (Å²) < 4.78 is 0. The average molecular weight is 332 g/mol. The number of amides is 1. The molecule has 1 aromatic carbocycles. The fraction of sp³-hybridized carbons (Fsp3) is 0.150. The number of nitrogens with one attached hydrogen (secondary N) is 2. The maximum Gasteiger partial charge on any atom is 0.253 e. The van der Waals surface area contributed by atoms with Gasteiger partial charge < -0.3 is 10.6 Å². The summed E-state index contributed by atoms with van der Waals surface area (Å²) in [5.41, 5.74) is 4.72. The van der Waals surface area contributed by atoms with Crippen LogP contribution in [0.4, 0.5) is 5.69 Å². The Bertz CT molecular complexity index is 849. The predicted octanol–water partition coefficient (Wildman–Crippen LogP) is 3.33. The first kappa shape index (κ1) is 16.6. The van der Waals surface area contributed by atoms with E-state index in [1.54, 1.807) is 30.9 Å². The lowest BCUT2D eigenvalue weighted by molar-refractivity contribution is 0.0950. The molecule has 2 heterocycles. The molecule has 1 amide bonds. The summed E-state index contributed by atoms with van der Waals surface area (Å²) in [6, 6.07) is 13.7. The van der Waals surface area contributed by atoms with Crippen LogP contribution in [0.1, 0.15) is 27.0 Å². The van der Waals surface area contributed by atoms with Gasteiger partial charge in [0, 0.05) is 37.9 Å². The minimum Gasteiger partial charge on any atom is -0.380 e. The number of rotatable bonds is 6. The van der Waals surface area contributed by atoms with Gasteiger partial charge in [-0.05, 0) is 41.8 Å². The number of hydrogen-bond donors (Lipinski definition) is 2. The van der Waals surface area contributed by atoms with Gasteiger partial charge >= 0.3 is 0 Å². The summed E-state index contributed by atoms with van der Waals surface area (Å²) in [4.78, 5) is 20.5. The Kier molecular flexibility index (Phi) is 5.36. The van der Waals surface area contributed by atoms with E-state index >= 15 is 0 Å². The second kappa shape index (κ2) is 8.06. The molecular weight excluding hydrogens is 312 g/mol. The van der Waals surface area contributed by atoms with Crippen molar-refractivity contribution in [3.05, 3.63) is 89.5 Å². The van der Waals surface area contributed by atoms with Gasteiger partial charge in [0.1, 0.15) is 0 Å². The lowest BCUT2D eigenvalue weighted by atomic mass is 10.1. The zero-order valence-corrected chi connectivity index (χ0v) is 14.1. The highest BCUT2D eigenvalue weighted by atomic mass is 16.1. The molecule has 0 radical (unpaired) electrons. The largest absolute Gasteiger partial charge is 0.380 e. The molecule has 3 rings (SSSR count). The van der Waals surface area contributed by atoms with Crippen LogP contribution < -0.4 is 10.6 Å². The van der Waals surface area contributed by atoms with Gasteiger partial charge in [0.2, 0.25) is 0 Å². The first-order chi connectivity index (χ1) is 12.2. The molecule has 5 heteroatoms. The number of hydrogen-bond acceptors (Lipinski definition) is 4. The summed E-state index contributed by atoms with van der Waals surface area (Å²) in [5.74, 6) is -0.136. The maximum absolute atomic E-state index is 12.4. The monoisotopic (exact) mass is 332 g/mol. The third-order valence-electron chi connectivity index (χ3n) is 3.95. The zero-order valence-electron chi connectivity index (χ0n) is 14.1. The van der Waals surface area contributed by atoms with Gasteiger partial charge in [-0.2, -0.15) is 0 Å². The van der Waals surface area contributed by atoms with Gasteiger partial charge in [-0.1, -0.05) is 24.3 Å². The van der Waals surface area contributed by atoms with Gasteiger partial charge in [0.05, 0.1) is 11.3 Å². The van der Waals surface area contributed by atoms with Crippen LogP contribution in [0, 0.1) is 6.92 Å². The van der Waals surface area contributed by atoms with Gasteiger partial charge in [0.15, 0.2) is 0 Å². The van der Waals surface area contributed by atoms with Crippen LogP contribution in [0.5, 0.6) is 0 Å². The van der Waals surface area contributed by atoms with Crippen LogP contribution in [-0.4, -0.2) is 15.9 Å². The number of carbonyl (C=O) groups excluding carboxylic acids is 1. The van der Waals surface area contributed by atoms with Crippen LogP contribution in [0.3, 0.4) is 0 Å². The molecule has 2 aromatic heterocycles. The number of benzene rings is 1. The smallest absolute Gasteiger partial charge is 0.253 e. The van der Waals surface area contributed by atoms with E-state index in [1.807, 2.05) is 43.3 Å². The summed E-state index contributed by atoms with van der Waals surface area (Å²) in [6.45, 7) is 3.19. The molecule has 0 aliphatic carbocycles. The Morgan fingerprint density at radius 3 is 2.60 bits per heavy atom. The Morgan fingerprint density at radius 1 is 1.00 bits per heavy atom. The number of anilines is 1. The van der Waals surface area contributed by atoms with Crippen molar-refractivity contribution in [3.8, 4) is 0 Å². The van der Waals surface area contributed by atoms with E-state index in [0.29, 0.717) is 18.7 Å². The third kappa shape index (κ3) is 4.64. The lowest BCUT2D eigenvalue weighted by Crippen LogP contribution is -2.23. The van der Waals surface area contributed by atoms with Crippen molar-refractivity contribution in [2.75, 3.05) is 5.32 Å². The van der Waals surface area contributed by atoms with E-state index in [4.69, 9.17) is 0 Å². The molecule has 0 spiro atoms. The second-order valence-corrected chi connectivity index (χ2v) is 5.78. The number of nitrogens with zero attached hydrogens (tertiary/aromatic N) is 2. The van der Waals surface area contributed by atoms with Crippen molar-refractivity contribution in [2.45, 2.75) is 20.0 Å². The topological polar surface area (TPSA) is 66.9 Å². The van der Waals surface area contributed by atoms with Crippen molar-refractivity contribution in [2.24, 2.45) is 0 Å². The highest BCUT2D eigenvalue weighted by Crippen LogP contribution is 2.11. The zero-order chi connectivity index (χ0) is 17.5. The van der Waals surface area contributed by atoms with Gasteiger partial charge in [0.25, 0.3) is 5.91 Å². The van der Waals surface area contributed by atoms with Crippen molar-refractivity contribution in [3.63, 3.8) is 0 Å². The minimum absolute atomic E-state index is 0.136. The van der Waals surface area contributed by atoms with E-state index in [9.17, 15) is 4.79 Å². The Hall–Kier alpha value is -3.21. The van der Waals surface area contributed by atoms with Crippen molar-refractivity contribution in [1.82, 2.24) is 15.3 Å². The Labute approximate surface area is 147 Å². The summed E-state index contributed by atoms with van der Waals surface area (Å²) in [7, 11) is 0. The molecule has 0 saturated carbocycles. The average Bonchev–Trinajstić information content (AvgIpc) is 2.66. The summed E-state index contributed by atoms with van der Waals surface area (Å²) in [6.07, 6.45) is 6.79. The SMILES string of the molecule is Cc1ccccc1CNC(=O)c1cncc(NCc2ccncc2)c1. The van der Waals surface area contributed by atoms with E-state index in [0.717, 1.165) is 22.4 Å². The predicted molar refractivity (Wildman–Crippen MR) is 98.1 cm³/mol. The van der Waals surface area contributed by atoms with Crippen molar-refractivity contribution in [1.29, 1.82) is 0 Å². The first-order valence-corrected chi connectivity index (χ1v) is 8.13. The third-order valence-corrected chi connectivity index (χ3v) is 3.95. The van der Waals surface area contributed by atoms with Gasteiger partial charge in [-0.15, -0.1) is 0 Å². The molecule has 126 valence electrons. The van der Waals surface area contributed by atoms with Crippen LogP contribution in [0.25, 0.3) is 0 Å². The van der Waals surface area contributed by atoms with Crippen LogP contribution >= 0.6 is 0 Å². The minimum atomic E-state index is -0.136. The first-order valence-electron chi connectivity index (χ1n) is 8.13. The Balaban J connectivity index is 1.60. The number of carbonyl (C=O) groups is 1. The molecule has 0 aliphatic heterocycles. The normalized spacial score (nSPS) is 10.3. The van der Waals surface area contributed by atoms with Gasteiger partial charge in [-0.3, -0.25) is 14.8 Å². The molecule has 0 bridgehead atoms. The highest BCUT2D eigenvalue weighted by Gasteiger charge is 2.07. The molecular formula is C20H20N4O. The number of aryl methyl sites for hydroxylation is 1. The van der Waals surface area contributed by atoms with E-state index in [2.05, 4.69) is 20.6 Å². The molecule has 0 unspecified atom stereocenters. The number of pyridine rings is 2. The second-order valence-electron chi connectivity index (χ2n) is 5.78. The van der Waals surface area contributed by atoms with Crippen LogP contribution in [0.2, 0.25) is 0 Å². The van der Waals surface area contributed by atoms with Crippen molar-refractivity contribution < 1.29 is 4.79 Å².